The average molecular weight is 195 g/mol. The summed E-state index contributed by atoms with van der Waals surface area (Å²) < 4.78 is 5.51. The molecule has 14 heavy (non-hydrogen) atoms. The summed E-state index contributed by atoms with van der Waals surface area (Å²) in [5, 5.41) is 3.27. The van der Waals surface area contributed by atoms with Crippen LogP contribution >= 0.6 is 0 Å². The molecule has 0 spiro atoms. The lowest BCUT2D eigenvalue weighted by atomic mass is 10.2. The standard InChI is InChI=1S/C10H15NO.C2H6/c1-3-5-10-9(4-2)8-11-6-7-12-10;1-2/h3-5,11H,1,6-8H2,2H3;1-2H3/b9-4-,10-5+;. The van der Waals surface area contributed by atoms with Gasteiger partial charge in [-0.1, -0.05) is 32.6 Å². The molecule has 1 fully saturated rings. The van der Waals surface area contributed by atoms with Crippen molar-refractivity contribution >= 4 is 0 Å². The van der Waals surface area contributed by atoms with Gasteiger partial charge in [-0.2, -0.15) is 0 Å². The third-order valence-electron chi connectivity index (χ3n) is 1.79. The van der Waals surface area contributed by atoms with Crippen molar-refractivity contribution < 1.29 is 4.74 Å². The van der Waals surface area contributed by atoms with Gasteiger partial charge in [0.1, 0.15) is 12.4 Å². The van der Waals surface area contributed by atoms with Gasteiger partial charge in [0.05, 0.1) is 0 Å². The fourth-order valence-corrected chi connectivity index (χ4v) is 1.14. The van der Waals surface area contributed by atoms with E-state index < -0.39 is 0 Å². The molecule has 0 aromatic heterocycles. The molecular weight excluding hydrogens is 174 g/mol. The Morgan fingerprint density at radius 2 is 2.14 bits per heavy atom. The Morgan fingerprint density at radius 1 is 1.43 bits per heavy atom. The van der Waals surface area contributed by atoms with Crippen LogP contribution in [-0.4, -0.2) is 19.7 Å². The molecule has 1 aliphatic rings. The molecule has 1 saturated heterocycles. The maximum Gasteiger partial charge on any atom is 0.123 e. The van der Waals surface area contributed by atoms with Gasteiger partial charge in [-0.05, 0) is 13.0 Å². The first kappa shape index (κ1) is 13.0. The first-order valence-electron chi connectivity index (χ1n) is 5.20. The monoisotopic (exact) mass is 195 g/mol. The minimum absolute atomic E-state index is 0.733. The van der Waals surface area contributed by atoms with Crippen molar-refractivity contribution in [2.24, 2.45) is 0 Å². The molecule has 1 N–H and O–H groups in total. The highest BCUT2D eigenvalue weighted by Gasteiger charge is 2.08. The van der Waals surface area contributed by atoms with Crippen LogP contribution in [-0.2, 0) is 4.74 Å². The first-order valence-corrected chi connectivity index (χ1v) is 5.20. The van der Waals surface area contributed by atoms with Gasteiger partial charge in [-0.3, -0.25) is 0 Å². The predicted molar refractivity (Wildman–Crippen MR) is 62.2 cm³/mol. The van der Waals surface area contributed by atoms with Crippen molar-refractivity contribution in [1.82, 2.24) is 5.32 Å². The van der Waals surface area contributed by atoms with Crippen LogP contribution in [0.2, 0.25) is 0 Å². The van der Waals surface area contributed by atoms with Crippen LogP contribution in [0.4, 0.5) is 0 Å². The summed E-state index contributed by atoms with van der Waals surface area (Å²) in [6.07, 6.45) is 5.72. The summed E-state index contributed by atoms with van der Waals surface area (Å²) in [6, 6.07) is 0. The average Bonchev–Trinajstić information content (AvgIpc) is 2.47. The van der Waals surface area contributed by atoms with Gasteiger partial charge in [-0.15, -0.1) is 0 Å². The summed E-state index contributed by atoms with van der Waals surface area (Å²) in [6.45, 7) is 12.2. The molecule has 0 unspecified atom stereocenters. The van der Waals surface area contributed by atoms with Gasteiger partial charge < -0.3 is 10.1 Å². The summed E-state index contributed by atoms with van der Waals surface area (Å²) in [7, 11) is 0. The molecule has 1 rings (SSSR count). The second-order valence-corrected chi connectivity index (χ2v) is 2.61. The first-order chi connectivity index (χ1) is 6.88. The Bertz CT molecular complexity index is 216. The predicted octanol–water partition coefficient (Wildman–Crippen LogP) is 2.65. The Kier molecular flexibility index (Phi) is 7.95. The van der Waals surface area contributed by atoms with E-state index in [1.54, 1.807) is 6.08 Å². The highest BCUT2D eigenvalue weighted by atomic mass is 16.5. The summed E-state index contributed by atoms with van der Waals surface area (Å²) >= 11 is 0. The highest BCUT2D eigenvalue weighted by Crippen LogP contribution is 2.12. The Labute approximate surface area is 87.3 Å². The van der Waals surface area contributed by atoms with E-state index in [2.05, 4.69) is 18.0 Å². The molecule has 80 valence electrons. The van der Waals surface area contributed by atoms with Crippen molar-refractivity contribution in [3.05, 3.63) is 36.1 Å². The van der Waals surface area contributed by atoms with Crippen LogP contribution in [0.3, 0.4) is 0 Å². The molecule has 0 amide bonds. The van der Waals surface area contributed by atoms with E-state index in [4.69, 9.17) is 4.74 Å². The van der Waals surface area contributed by atoms with Gasteiger partial charge in [-0.25, -0.2) is 0 Å². The summed E-state index contributed by atoms with van der Waals surface area (Å²) in [5.41, 5.74) is 1.20. The van der Waals surface area contributed by atoms with Crippen LogP contribution < -0.4 is 5.32 Å². The van der Waals surface area contributed by atoms with Gasteiger partial charge >= 0.3 is 0 Å². The summed E-state index contributed by atoms with van der Waals surface area (Å²) in [5.74, 6) is 0.942. The van der Waals surface area contributed by atoms with Crippen LogP contribution in [0.25, 0.3) is 0 Å². The molecule has 0 radical (unpaired) electrons. The number of hydrogen-bond donors (Lipinski definition) is 1. The smallest absolute Gasteiger partial charge is 0.123 e. The number of allylic oxidation sites excluding steroid dienone is 3. The molecule has 2 nitrogen and oxygen atoms in total. The maximum atomic E-state index is 5.51. The second-order valence-electron chi connectivity index (χ2n) is 2.61. The van der Waals surface area contributed by atoms with Crippen LogP contribution in [0.5, 0.6) is 0 Å². The lowest BCUT2D eigenvalue weighted by Crippen LogP contribution is -2.17. The molecule has 0 saturated carbocycles. The molecule has 0 aliphatic carbocycles. The van der Waals surface area contributed by atoms with E-state index in [1.807, 2.05) is 26.8 Å². The zero-order valence-corrected chi connectivity index (χ0v) is 9.47. The molecule has 0 atom stereocenters. The van der Waals surface area contributed by atoms with E-state index in [9.17, 15) is 0 Å². The van der Waals surface area contributed by atoms with Crippen molar-refractivity contribution in [2.75, 3.05) is 19.7 Å². The number of ether oxygens (including phenoxy) is 1. The van der Waals surface area contributed by atoms with Gasteiger partial charge in [0.2, 0.25) is 0 Å². The molecule has 0 aromatic rings. The zero-order chi connectivity index (χ0) is 10.8. The fourth-order valence-electron chi connectivity index (χ4n) is 1.14. The van der Waals surface area contributed by atoms with E-state index >= 15 is 0 Å². The lowest BCUT2D eigenvalue weighted by molar-refractivity contribution is 0.233. The number of hydrogen-bond acceptors (Lipinski definition) is 2. The van der Waals surface area contributed by atoms with Crippen LogP contribution in [0.1, 0.15) is 20.8 Å². The van der Waals surface area contributed by atoms with E-state index in [0.29, 0.717) is 0 Å². The topological polar surface area (TPSA) is 21.3 Å². The van der Waals surface area contributed by atoms with Gasteiger partial charge in [0, 0.05) is 18.7 Å². The Balaban J connectivity index is 0.000000791. The van der Waals surface area contributed by atoms with Gasteiger partial charge in [0.15, 0.2) is 0 Å². The number of nitrogens with one attached hydrogen (secondary N) is 1. The van der Waals surface area contributed by atoms with Crippen molar-refractivity contribution in [2.45, 2.75) is 20.8 Å². The van der Waals surface area contributed by atoms with Crippen molar-refractivity contribution in [3.63, 3.8) is 0 Å². The van der Waals surface area contributed by atoms with Crippen LogP contribution in [0, 0.1) is 0 Å². The minimum atomic E-state index is 0.733. The van der Waals surface area contributed by atoms with E-state index in [1.165, 1.54) is 5.57 Å². The normalized spacial score (nSPS) is 21.9. The molecule has 0 bridgehead atoms. The third kappa shape index (κ3) is 4.28. The highest BCUT2D eigenvalue weighted by molar-refractivity contribution is 5.30. The van der Waals surface area contributed by atoms with Crippen molar-refractivity contribution in [3.8, 4) is 0 Å². The Morgan fingerprint density at radius 3 is 2.71 bits per heavy atom. The summed E-state index contributed by atoms with van der Waals surface area (Å²) in [4.78, 5) is 0. The maximum absolute atomic E-state index is 5.51. The molecule has 2 heteroatoms. The van der Waals surface area contributed by atoms with Crippen LogP contribution in [0.15, 0.2) is 36.1 Å². The quantitative estimate of drug-likeness (QED) is 0.694. The Hall–Kier alpha value is -1.02. The van der Waals surface area contributed by atoms with E-state index in [0.717, 1.165) is 25.5 Å². The SMILES string of the molecule is C=C/C=C1/OCCNC/C1=C/C.CC. The van der Waals surface area contributed by atoms with Gasteiger partial charge in [0.25, 0.3) is 0 Å². The minimum Gasteiger partial charge on any atom is -0.492 e. The largest absolute Gasteiger partial charge is 0.492 e. The number of rotatable bonds is 1. The third-order valence-corrected chi connectivity index (χ3v) is 1.79. The molecule has 1 heterocycles. The molecule has 1 aliphatic heterocycles. The second kappa shape index (κ2) is 8.57. The molecular formula is C12H21NO. The zero-order valence-electron chi connectivity index (χ0n) is 9.47. The van der Waals surface area contributed by atoms with E-state index in [-0.39, 0.29) is 0 Å². The fraction of sp³-hybridized carbons (Fsp3) is 0.500. The van der Waals surface area contributed by atoms with Crippen molar-refractivity contribution in [1.29, 1.82) is 0 Å². The lowest BCUT2D eigenvalue weighted by Gasteiger charge is -2.06. The molecule has 0 aromatic carbocycles.